The third-order valence-corrected chi connectivity index (χ3v) is 3.55. The third-order valence-electron chi connectivity index (χ3n) is 3.26. The highest BCUT2D eigenvalue weighted by molar-refractivity contribution is 6.31. The Labute approximate surface area is 122 Å². The number of hydrogen-bond acceptors (Lipinski definition) is 1. The Bertz CT molecular complexity index is 626. The molecular weight excluding hydrogens is 277 g/mol. The predicted octanol–water partition coefficient (Wildman–Crippen LogP) is 4.40. The number of carbonyl (C=O) groups is 1. The Morgan fingerprint density at radius 1 is 1.10 bits per heavy atom. The van der Waals surface area contributed by atoms with E-state index in [4.69, 9.17) is 11.6 Å². The van der Waals surface area contributed by atoms with Gasteiger partial charge in [-0.2, -0.15) is 0 Å². The first-order valence-corrected chi connectivity index (χ1v) is 6.61. The molecule has 0 unspecified atom stereocenters. The van der Waals surface area contributed by atoms with Gasteiger partial charge in [0.05, 0.1) is 16.1 Å². The van der Waals surface area contributed by atoms with Gasteiger partial charge in [-0.15, -0.1) is 0 Å². The van der Waals surface area contributed by atoms with E-state index < -0.39 is 11.2 Å². The summed E-state index contributed by atoms with van der Waals surface area (Å²) in [7, 11) is 0. The lowest BCUT2D eigenvalue weighted by atomic mass is 9.83. The second kappa shape index (κ2) is 5.63. The highest BCUT2D eigenvalue weighted by atomic mass is 35.5. The minimum atomic E-state index is -0.768. The molecule has 104 valence electrons. The van der Waals surface area contributed by atoms with Crippen molar-refractivity contribution in [2.24, 2.45) is 0 Å². The monoisotopic (exact) mass is 291 g/mol. The van der Waals surface area contributed by atoms with E-state index in [0.29, 0.717) is 0 Å². The molecule has 20 heavy (non-hydrogen) atoms. The summed E-state index contributed by atoms with van der Waals surface area (Å²) in [5.41, 5.74) is 0.183. The van der Waals surface area contributed by atoms with Crippen molar-refractivity contribution in [2.45, 2.75) is 19.3 Å². The van der Waals surface area contributed by atoms with Crippen molar-refractivity contribution in [3.63, 3.8) is 0 Å². The summed E-state index contributed by atoms with van der Waals surface area (Å²) < 4.78 is 13.8. The fraction of sp³-hybridized carbons (Fsp3) is 0.188. The number of benzene rings is 2. The lowest BCUT2D eigenvalue weighted by Crippen LogP contribution is -2.34. The molecule has 0 aliphatic rings. The van der Waals surface area contributed by atoms with E-state index in [1.54, 1.807) is 19.9 Å². The van der Waals surface area contributed by atoms with Crippen LogP contribution in [-0.2, 0) is 10.2 Å². The lowest BCUT2D eigenvalue weighted by Gasteiger charge is -2.24. The summed E-state index contributed by atoms with van der Waals surface area (Å²) >= 11 is 5.70. The van der Waals surface area contributed by atoms with E-state index in [1.807, 2.05) is 30.3 Å². The molecule has 2 nitrogen and oxygen atoms in total. The van der Waals surface area contributed by atoms with Crippen molar-refractivity contribution in [3.05, 3.63) is 64.9 Å². The number of nitrogens with one attached hydrogen (secondary N) is 1. The van der Waals surface area contributed by atoms with E-state index in [1.165, 1.54) is 12.1 Å². The Morgan fingerprint density at radius 2 is 1.75 bits per heavy atom. The van der Waals surface area contributed by atoms with Crippen LogP contribution in [0.4, 0.5) is 10.1 Å². The lowest BCUT2D eigenvalue weighted by molar-refractivity contribution is -0.120. The number of carbonyl (C=O) groups excluding carboxylic acids is 1. The van der Waals surface area contributed by atoms with Crippen molar-refractivity contribution in [2.75, 3.05) is 5.32 Å². The van der Waals surface area contributed by atoms with Crippen LogP contribution < -0.4 is 5.32 Å². The van der Waals surface area contributed by atoms with Gasteiger partial charge in [-0.1, -0.05) is 48.0 Å². The van der Waals surface area contributed by atoms with Crippen molar-refractivity contribution in [1.29, 1.82) is 0 Å². The quantitative estimate of drug-likeness (QED) is 0.892. The van der Waals surface area contributed by atoms with Gasteiger partial charge in [0, 0.05) is 0 Å². The summed E-state index contributed by atoms with van der Waals surface area (Å²) in [6, 6.07) is 13.9. The molecule has 0 bridgehead atoms. The van der Waals surface area contributed by atoms with Gasteiger partial charge in [-0.3, -0.25) is 4.79 Å². The van der Waals surface area contributed by atoms with Crippen LogP contribution in [0.1, 0.15) is 19.4 Å². The van der Waals surface area contributed by atoms with E-state index in [9.17, 15) is 9.18 Å². The molecule has 1 amide bonds. The molecule has 0 aliphatic heterocycles. The largest absolute Gasteiger partial charge is 0.323 e. The fourth-order valence-electron chi connectivity index (χ4n) is 1.86. The SMILES string of the molecule is CC(C)(C(=O)Nc1cccc(Cl)c1F)c1ccccc1. The highest BCUT2D eigenvalue weighted by Crippen LogP contribution is 2.27. The smallest absolute Gasteiger partial charge is 0.234 e. The van der Waals surface area contributed by atoms with Crippen LogP contribution >= 0.6 is 11.6 Å². The molecular formula is C16H15ClFNO. The van der Waals surface area contributed by atoms with Gasteiger partial charge >= 0.3 is 0 Å². The Hall–Kier alpha value is -1.87. The summed E-state index contributed by atoms with van der Waals surface area (Å²) in [4.78, 5) is 12.4. The van der Waals surface area contributed by atoms with Crippen molar-refractivity contribution < 1.29 is 9.18 Å². The molecule has 0 saturated carbocycles. The van der Waals surface area contributed by atoms with E-state index in [0.717, 1.165) is 5.56 Å². The minimum Gasteiger partial charge on any atom is -0.323 e. The van der Waals surface area contributed by atoms with Gasteiger partial charge in [0.25, 0.3) is 0 Å². The average molecular weight is 292 g/mol. The van der Waals surface area contributed by atoms with Gasteiger partial charge in [0.1, 0.15) is 0 Å². The van der Waals surface area contributed by atoms with Crippen LogP contribution in [-0.4, -0.2) is 5.91 Å². The molecule has 2 aromatic carbocycles. The maximum atomic E-state index is 13.8. The Morgan fingerprint density at radius 3 is 2.40 bits per heavy atom. The first kappa shape index (κ1) is 14.5. The molecule has 0 aromatic heterocycles. The van der Waals surface area contributed by atoms with E-state index >= 15 is 0 Å². The van der Waals surface area contributed by atoms with Crippen LogP contribution in [0.25, 0.3) is 0 Å². The van der Waals surface area contributed by atoms with Crippen LogP contribution in [0, 0.1) is 5.82 Å². The van der Waals surface area contributed by atoms with Crippen molar-refractivity contribution in [1.82, 2.24) is 0 Å². The Kier molecular flexibility index (Phi) is 4.09. The maximum absolute atomic E-state index is 13.8. The van der Waals surface area contributed by atoms with E-state index in [-0.39, 0.29) is 16.6 Å². The summed E-state index contributed by atoms with van der Waals surface area (Å²) in [6.07, 6.45) is 0. The fourth-order valence-corrected chi connectivity index (χ4v) is 2.04. The molecule has 0 radical (unpaired) electrons. The van der Waals surface area contributed by atoms with Gasteiger partial charge < -0.3 is 5.32 Å². The second-order valence-corrected chi connectivity index (χ2v) is 5.45. The first-order valence-electron chi connectivity index (χ1n) is 6.24. The molecule has 4 heteroatoms. The summed E-state index contributed by atoms with van der Waals surface area (Å²) in [5, 5.41) is 2.58. The molecule has 0 heterocycles. The zero-order chi connectivity index (χ0) is 14.8. The molecule has 0 aliphatic carbocycles. The van der Waals surface area contributed by atoms with Gasteiger partial charge in [0.15, 0.2) is 5.82 Å². The van der Waals surface area contributed by atoms with Crippen LogP contribution in [0.2, 0.25) is 5.02 Å². The molecule has 1 N–H and O–H groups in total. The zero-order valence-corrected chi connectivity index (χ0v) is 12.0. The molecule has 0 spiro atoms. The average Bonchev–Trinajstić information content (AvgIpc) is 2.44. The van der Waals surface area contributed by atoms with E-state index in [2.05, 4.69) is 5.32 Å². The van der Waals surface area contributed by atoms with Crippen LogP contribution in [0.15, 0.2) is 48.5 Å². The number of rotatable bonds is 3. The third kappa shape index (κ3) is 2.83. The number of anilines is 1. The van der Waals surface area contributed by atoms with Crippen molar-refractivity contribution >= 4 is 23.2 Å². The van der Waals surface area contributed by atoms with Gasteiger partial charge in [-0.25, -0.2) is 4.39 Å². The molecule has 2 aromatic rings. The van der Waals surface area contributed by atoms with Gasteiger partial charge in [0.2, 0.25) is 5.91 Å². The molecule has 2 rings (SSSR count). The molecule has 0 fully saturated rings. The second-order valence-electron chi connectivity index (χ2n) is 5.05. The highest BCUT2D eigenvalue weighted by Gasteiger charge is 2.30. The minimum absolute atomic E-state index is 0.0136. The number of halogens is 2. The summed E-state index contributed by atoms with van der Waals surface area (Å²) in [5.74, 6) is -0.906. The summed E-state index contributed by atoms with van der Waals surface area (Å²) in [6.45, 7) is 3.58. The first-order chi connectivity index (χ1) is 9.43. The van der Waals surface area contributed by atoms with Crippen LogP contribution in [0.5, 0.6) is 0 Å². The maximum Gasteiger partial charge on any atom is 0.234 e. The normalized spacial score (nSPS) is 11.2. The topological polar surface area (TPSA) is 29.1 Å². The Balaban J connectivity index is 2.26. The predicted molar refractivity (Wildman–Crippen MR) is 79.5 cm³/mol. The number of amides is 1. The van der Waals surface area contributed by atoms with Crippen molar-refractivity contribution in [3.8, 4) is 0 Å². The zero-order valence-electron chi connectivity index (χ0n) is 11.3. The standard InChI is InChI=1S/C16H15ClFNO/c1-16(2,11-7-4-3-5-8-11)15(20)19-13-10-6-9-12(17)14(13)18/h3-10H,1-2H3,(H,19,20). The molecule has 0 atom stereocenters. The van der Waals surface area contributed by atoms with Gasteiger partial charge in [-0.05, 0) is 31.5 Å². The van der Waals surface area contributed by atoms with Crippen LogP contribution in [0.3, 0.4) is 0 Å². The molecule has 0 saturated heterocycles. The number of hydrogen-bond donors (Lipinski definition) is 1.